The second-order valence-corrected chi connectivity index (χ2v) is 19.7. The first kappa shape index (κ1) is 54.5. The highest BCUT2D eigenvalue weighted by Crippen LogP contribution is 2.35. The molecule has 0 saturated heterocycles. The van der Waals surface area contributed by atoms with Crippen molar-refractivity contribution >= 4 is 56.5 Å². The number of furan rings is 3. The van der Waals surface area contributed by atoms with Crippen LogP contribution in [0.4, 0.5) is 4.79 Å². The number of nitrogens with zero attached hydrogens (tertiary/aromatic N) is 9. The van der Waals surface area contributed by atoms with Gasteiger partial charge in [-0.1, -0.05) is 0 Å². The van der Waals surface area contributed by atoms with E-state index < -0.39 is 23.6 Å². The number of hydrogen-bond acceptors (Lipinski definition) is 16. The summed E-state index contributed by atoms with van der Waals surface area (Å²) >= 11 is 3.43. The second kappa shape index (κ2) is 22.7. The van der Waals surface area contributed by atoms with Crippen LogP contribution in [-0.4, -0.2) is 98.2 Å². The van der Waals surface area contributed by atoms with Crippen molar-refractivity contribution in [2.45, 2.75) is 74.8 Å². The topological polar surface area (TPSA) is 243 Å². The largest absolute Gasteiger partial charge is 0.463 e. The van der Waals surface area contributed by atoms with Crippen molar-refractivity contribution in [3.63, 3.8) is 0 Å². The molecule has 0 saturated carbocycles. The standard InChI is InChI=1S/C24H26N4O5.C19H18N4O3.C14H11BrN2O3/c1-7-31-22(29)17-11-20(32-13-17)16-8-9-27-19(10-16)18(12-25-27)21-14(2)26-28(15(21)3)23(30)33-24(4,5)6;1-4-25-19(24)14-8-17(26-10-14)13-5-6-23-16(7-13)15(9-20-23)18-11(2)21-22-12(18)3;1-2-19-14(18)10-6-13(20-8-10)9-3-4-17-12(5-9)11(15)7-16-17/h8-13H,7H2,1-6H3;5-10H,4H2,1-3H3,(H,21,22);3-8H,2H2,1H3. The first-order chi connectivity index (χ1) is 37.9. The van der Waals surface area contributed by atoms with Gasteiger partial charge in [0.15, 0.2) is 0 Å². The van der Waals surface area contributed by atoms with Crippen molar-refractivity contribution in [3.05, 3.63) is 155 Å². The van der Waals surface area contributed by atoms with Crippen molar-refractivity contribution in [1.29, 1.82) is 0 Å². The van der Waals surface area contributed by atoms with Crippen LogP contribution in [0.25, 0.3) is 72.8 Å². The molecule has 11 aromatic rings. The van der Waals surface area contributed by atoms with Crippen LogP contribution in [0.5, 0.6) is 0 Å². The Hall–Kier alpha value is -9.31. The van der Waals surface area contributed by atoms with Gasteiger partial charge < -0.3 is 32.2 Å². The fourth-order valence-electron chi connectivity index (χ4n) is 8.65. The lowest BCUT2D eigenvalue weighted by Gasteiger charge is -2.19. The molecule has 0 spiro atoms. The lowest BCUT2D eigenvalue weighted by atomic mass is 10.0. The van der Waals surface area contributed by atoms with Crippen molar-refractivity contribution in [2.24, 2.45) is 0 Å². The molecule has 11 heterocycles. The number of halogens is 1. The number of aryl methyl sites for hydroxylation is 3. The van der Waals surface area contributed by atoms with Crippen molar-refractivity contribution in [1.82, 2.24) is 48.8 Å². The zero-order valence-electron chi connectivity index (χ0n) is 44.9. The third-order valence-corrected chi connectivity index (χ3v) is 12.8. The number of aromatic nitrogens is 10. The van der Waals surface area contributed by atoms with Gasteiger partial charge in [0.2, 0.25) is 0 Å². The number of H-pyrrole nitrogens is 1. The van der Waals surface area contributed by atoms with Crippen LogP contribution >= 0.6 is 15.9 Å². The molecule has 406 valence electrons. The van der Waals surface area contributed by atoms with Crippen LogP contribution < -0.4 is 0 Å². The summed E-state index contributed by atoms with van der Waals surface area (Å²) in [6, 6.07) is 16.5. The van der Waals surface area contributed by atoms with Crippen LogP contribution in [0.1, 0.15) is 95.4 Å². The average Bonchev–Trinajstić information content (AvgIpc) is 4.41. The molecule has 0 amide bonds. The number of pyridine rings is 3. The van der Waals surface area contributed by atoms with Crippen molar-refractivity contribution in [3.8, 4) is 56.2 Å². The summed E-state index contributed by atoms with van der Waals surface area (Å²) in [5.41, 5.74) is 12.6. The Labute approximate surface area is 460 Å². The van der Waals surface area contributed by atoms with E-state index in [1.54, 1.807) is 64.9 Å². The molecule has 0 aromatic carbocycles. The molecule has 0 aliphatic heterocycles. The van der Waals surface area contributed by atoms with Gasteiger partial charge in [0.05, 0.1) is 93.2 Å². The molecule has 21 nitrogen and oxygen atoms in total. The van der Waals surface area contributed by atoms with Gasteiger partial charge in [0.25, 0.3) is 0 Å². The molecule has 0 bridgehead atoms. The predicted molar refractivity (Wildman–Crippen MR) is 294 cm³/mol. The Balaban J connectivity index is 0.000000148. The van der Waals surface area contributed by atoms with Crippen LogP contribution in [0, 0.1) is 27.7 Å². The molecule has 79 heavy (non-hydrogen) atoms. The van der Waals surface area contributed by atoms with E-state index >= 15 is 0 Å². The van der Waals surface area contributed by atoms with Gasteiger partial charge in [-0.25, -0.2) is 32.7 Å². The summed E-state index contributed by atoms with van der Waals surface area (Å²) in [5, 5.41) is 24.7. The van der Waals surface area contributed by atoms with E-state index in [0.29, 0.717) is 65.2 Å². The van der Waals surface area contributed by atoms with E-state index in [-0.39, 0.29) is 5.97 Å². The maximum absolute atomic E-state index is 12.6. The second-order valence-electron chi connectivity index (χ2n) is 18.9. The van der Waals surface area contributed by atoms with Gasteiger partial charge in [-0.15, -0.1) is 0 Å². The zero-order valence-corrected chi connectivity index (χ0v) is 46.5. The summed E-state index contributed by atoms with van der Waals surface area (Å²) in [4.78, 5) is 48.1. The number of carbonyl (C=O) groups excluding carboxylic acids is 4. The Kier molecular flexibility index (Phi) is 15.7. The zero-order chi connectivity index (χ0) is 56.3. The number of hydrogen-bond donors (Lipinski definition) is 1. The predicted octanol–water partition coefficient (Wildman–Crippen LogP) is 12.3. The minimum absolute atomic E-state index is 0.292. The van der Waals surface area contributed by atoms with Gasteiger partial charge in [-0.3, -0.25) is 5.10 Å². The van der Waals surface area contributed by atoms with Crippen LogP contribution in [0.3, 0.4) is 0 Å². The first-order valence-corrected chi connectivity index (χ1v) is 25.8. The van der Waals surface area contributed by atoms with E-state index in [1.165, 1.54) is 23.5 Å². The molecule has 0 fully saturated rings. The van der Waals surface area contributed by atoms with Crippen LogP contribution in [0.2, 0.25) is 0 Å². The van der Waals surface area contributed by atoms with E-state index in [9.17, 15) is 19.2 Å². The molecule has 11 rings (SSSR count). The average molecular weight is 1140 g/mol. The summed E-state index contributed by atoms with van der Waals surface area (Å²) in [6.07, 6.45) is 14.5. The normalized spacial score (nSPS) is 11.3. The van der Waals surface area contributed by atoms with Crippen LogP contribution in [0.15, 0.2) is 128 Å². The monoisotopic (exact) mass is 1130 g/mol. The third-order valence-electron chi connectivity index (χ3n) is 12.2. The molecular weight excluding hydrogens is 1080 g/mol. The number of fused-ring (bicyclic) bond motifs is 3. The molecule has 0 atom stereocenters. The highest BCUT2D eigenvalue weighted by molar-refractivity contribution is 9.10. The molecular formula is C57H55BrN10O11. The maximum Gasteiger partial charge on any atom is 0.435 e. The number of carbonyl (C=O) groups is 4. The van der Waals surface area contributed by atoms with Crippen LogP contribution in [-0.2, 0) is 18.9 Å². The highest BCUT2D eigenvalue weighted by atomic mass is 79.9. The quantitative estimate of drug-likeness (QED) is 0.0934. The Bertz CT molecular complexity index is 4020. The Morgan fingerprint density at radius 1 is 0.582 bits per heavy atom. The minimum Gasteiger partial charge on any atom is -0.463 e. The van der Waals surface area contributed by atoms with E-state index in [2.05, 4.69) is 46.5 Å². The molecule has 1 N–H and O–H groups in total. The van der Waals surface area contributed by atoms with E-state index in [0.717, 1.165) is 71.4 Å². The summed E-state index contributed by atoms with van der Waals surface area (Å²) in [7, 11) is 0. The lowest BCUT2D eigenvalue weighted by molar-refractivity contribution is 0.0503. The molecule has 0 aliphatic rings. The fraction of sp³-hybridized carbons (Fsp3) is 0.246. The Morgan fingerprint density at radius 2 is 1.00 bits per heavy atom. The van der Waals surface area contributed by atoms with Gasteiger partial charge in [0.1, 0.15) is 41.7 Å². The molecule has 11 aromatic heterocycles. The highest BCUT2D eigenvalue weighted by Gasteiger charge is 2.26. The van der Waals surface area contributed by atoms with Gasteiger partial charge in [-0.2, -0.15) is 30.2 Å². The van der Waals surface area contributed by atoms with Gasteiger partial charge in [-0.05, 0) is 140 Å². The first-order valence-electron chi connectivity index (χ1n) is 25.0. The molecule has 0 aliphatic carbocycles. The van der Waals surface area contributed by atoms with E-state index in [1.807, 2.05) is 110 Å². The number of rotatable bonds is 11. The minimum atomic E-state index is -0.631. The maximum atomic E-state index is 12.6. The fourth-order valence-corrected chi connectivity index (χ4v) is 9.04. The molecule has 0 radical (unpaired) electrons. The number of ether oxygens (including phenoxy) is 4. The lowest BCUT2D eigenvalue weighted by Crippen LogP contribution is -2.28. The number of nitrogens with one attached hydrogen (secondary N) is 1. The van der Waals surface area contributed by atoms with Gasteiger partial charge >= 0.3 is 24.0 Å². The summed E-state index contributed by atoms with van der Waals surface area (Å²) in [5.74, 6) is 0.546. The van der Waals surface area contributed by atoms with Crippen molar-refractivity contribution in [2.75, 3.05) is 19.8 Å². The Morgan fingerprint density at radius 3 is 1.42 bits per heavy atom. The SMILES string of the molecule is CCOC(=O)c1coc(-c2ccn3ncc(-c4c(C)n[nH]c4C)c3c2)c1.CCOC(=O)c1coc(-c2ccn3ncc(-c4c(C)nn(C(=O)OC(C)(C)C)c4C)c3c2)c1.CCOC(=O)c1coc(-c2ccn3ncc(Br)c3c2)c1. The molecule has 0 unspecified atom stereocenters. The third kappa shape index (κ3) is 11.5. The number of aromatic amines is 1. The van der Waals surface area contributed by atoms with E-state index in [4.69, 9.17) is 32.2 Å². The van der Waals surface area contributed by atoms with Crippen molar-refractivity contribution < 1.29 is 51.4 Å². The molecule has 22 heteroatoms. The smallest absolute Gasteiger partial charge is 0.435 e. The number of esters is 3. The summed E-state index contributed by atoms with van der Waals surface area (Å²) < 4.78 is 44.5. The summed E-state index contributed by atoms with van der Waals surface area (Å²) in [6.45, 7) is 19.3. The van der Waals surface area contributed by atoms with Gasteiger partial charge in [0, 0.05) is 63.2 Å².